The Labute approximate surface area is 89.7 Å². The first-order valence-corrected chi connectivity index (χ1v) is 5.11. The van der Waals surface area contributed by atoms with Gasteiger partial charge in [0.25, 0.3) is 0 Å². The number of benzene rings is 1. The third-order valence-electron chi connectivity index (χ3n) is 1.68. The minimum atomic E-state index is -4.26. The Bertz CT molecular complexity index is 336. The fourth-order valence-electron chi connectivity index (χ4n) is 1.12. The predicted octanol–water partition coefficient (Wildman–Crippen LogP) is 3.43. The first kappa shape index (κ1) is 12.1. The van der Waals surface area contributed by atoms with Crippen LogP contribution in [0.3, 0.4) is 0 Å². The lowest BCUT2D eigenvalue weighted by Crippen LogP contribution is -1.99. The summed E-state index contributed by atoms with van der Waals surface area (Å²) in [5, 5.41) is 0. The van der Waals surface area contributed by atoms with Crippen LogP contribution in [-0.2, 0) is 11.2 Å². The topological polar surface area (TPSA) is 17.1 Å². The van der Waals surface area contributed by atoms with E-state index in [0.29, 0.717) is 12.8 Å². The normalized spacial score (nSPS) is 11.4. The van der Waals surface area contributed by atoms with Gasteiger partial charge in [0, 0.05) is 11.3 Å². The average molecular weight is 234 g/mol. The summed E-state index contributed by atoms with van der Waals surface area (Å²) < 4.78 is 36.1. The second kappa shape index (κ2) is 5.21. The molecule has 0 saturated carbocycles. The molecule has 0 bridgehead atoms. The van der Waals surface area contributed by atoms with Crippen LogP contribution in [0.15, 0.2) is 29.2 Å². The maximum Gasteiger partial charge on any atom is 0.446 e. The number of alkyl halides is 3. The Morgan fingerprint density at radius 2 is 2.07 bits per heavy atom. The summed E-state index contributed by atoms with van der Waals surface area (Å²) in [6.07, 6.45) is 1.57. The molecule has 0 aliphatic heterocycles. The highest BCUT2D eigenvalue weighted by atomic mass is 32.2. The number of aldehydes is 1. The molecule has 0 radical (unpaired) electrons. The third kappa shape index (κ3) is 4.88. The molecule has 1 rings (SSSR count). The Morgan fingerprint density at radius 3 is 2.67 bits per heavy atom. The molecule has 0 heterocycles. The van der Waals surface area contributed by atoms with E-state index in [1.54, 1.807) is 12.1 Å². The van der Waals surface area contributed by atoms with Gasteiger partial charge >= 0.3 is 5.51 Å². The number of hydrogen-bond donors (Lipinski definition) is 0. The lowest BCUT2D eigenvalue weighted by Gasteiger charge is -2.06. The molecule has 1 aromatic rings. The molecular weight excluding hydrogens is 225 g/mol. The summed E-state index contributed by atoms with van der Waals surface area (Å²) in [4.78, 5) is 10.3. The van der Waals surface area contributed by atoms with E-state index in [4.69, 9.17) is 0 Å². The SMILES string of the molecule is O=CCCc1cccc(SC(F)(F)F)c1. The highest BCUT2D eigenvalue weighted by molar-refractivity contribution is 8.00. The van der Waals surface area contributed by atoms with Crippen molar-refractivity contribution >= 4 is 18.0 Å². The van der Waals surface area contributed by atoms with Gasteiger partial charge in [-0.3, -0.25) is 0 Å². The molecule has 15 heavy (non-hydrogen) atoms. The van der Waals surface area contributed by atoms with Crippen LogP contribution in [0, 0.1) is 0 Å². The monoisotopic (exact) mass is 234 g/mol. The van der Waals surface area contributed by atoms with Crippen molar-refractivity contribution in [3.63, 3.8) is 0 Å². The Morgan fingerprint density at radius 1 is 1.33 bits per heavy atom. The van der Waals surface area contributed by atoms with Crippen LogP contribution in [-0.4, -0.2) is 11.8 Å². The van der Waals surface area contributed by atoms with Gasteiger partial charge in [-0.15, -0.1) is 0 Å². The quantitative estimate of drug-likeness (QED) is 0.586. The number of aryl methyl sites for hydroxylation is 1. The highest BCUT2D eigenvalue weighted by Crippen LogP contribution is 2.36. The highest BCUT2D eigenvalue weighted by Gasteiger charge is 2.29. The Kier molecular flexibility index (Phi) is 4.20. The van der Waals surface area contributed by atoms with Crippen molar-refractivity contribution in [3.05, 3.63) is 29.8 Å². The zero-order chi connectivity index (χ0) is 11.3. The van der Waals surface area contributed by atoms with Crippen molar-refractivity contribution in [1.29, 1.82) is 0 Å². The molecule has 0 unspecified atom stereocenters. The molecule has 0 aliphatic carbocycles. The fraction of sp³-hybridized carbons (Fsp3) is 0.300. The number of carbonyl (C=O) groups excluding carboxylic acids is 1. The van der Waals surface area contributed by atoms with E-state index < -0.39 is 5.51 Å². The van der Waals surface area contributed by atoms with Gasteiger partial charge in [-0.25, -0.2) is 0 Å². The first-order valence-electron chi connectivity index (χ1n) is 4.29. The molecule has 1 aromatic carbocycles. The van der Waals surface area contributed by atoms with Crippen molar-refractivity contribution in [1.82, 2.24) is 0 Å². The molecule has 0 amide bonds. The third-order valence-corrected chi connectivity index (χ3v) is 2.40. The van der Waals surface area contributed by atoms with E-state index in [0.717, 1.165) is 11.8 Å². The maximum atomic E-state index is 12.0. The van der Waals surface area contributed by atoms with Crippen LogP contribution in [0.2, 0.25) is 0 Å². The molecule has 0 spiro atoms. The number of rotatable bonds is 4. The minimum absolute atomic E-state index is 0.140. The number of carbonyl (C=O) groups is 1. The van der Waals surface area contributed by atoms with Crippen LogP contribution >= 0.6 is 11.8 Å². The molecule has 0 fully saturated rings. The predicted molar refractivity (Wildman–Crippen MR) is 52.7 cm³/mol. The van der Waals surface area contributed by atoms with Gasteiger partial charge in [0.05, 0.1) is 0 Å². The van der Waals surface area contributed by atoms with E-state index in [9.17, 15) is 18.0 Å². The van der Waals surface area contributed by atoms with Crippen LogP contribution in [0.4, 0.5) is 13.2 Å². The smallest absolute Gasteiger partial charge is 0.303 e. The summed E-state index contributed by atoms with van der Waals surface area (Å²) in [5.41, 5.74) is -3.51. The van der Waals surface area contributed by atoms with Crippen molar-refractivity contribution in [2.75, 3.05) is 0 Å². The van der Waals surface area contributed by atoms with E-state index in [1.807, 2.05) is 0 Å². The second-order valence-corrected chi connectivity index (χ2v) is 4.04. The van der Waals surface area contributed by atoms with E-state index >= 15 is 0 Å². The molecular formula is C10H9F3OS. The molecule has 1 nitrogen and oxygen atoms in total. The molecule has 0 atom stereocenters. The molecule has 5 heteroatoms. The molecule has 0 aromatic heterocycles. The summed E-state index contributed by atoms with van der Waals surface area (Å²) in [7, 11) is 0. The van der Waals surface area contributed by atoms with Gasteiger partial charge in [-0.1, -0.05) is 12.1 Å². The summed E-state index contributed by atoms with van der Waals surface area (Å²) in [6.45, 7) is 0. The summed E-state index contributed by atoms with van der Waals surface area (Å²) >= 11 is -0.140. The van der Waals surface area contributed by atoms with Gasteiger partial charge < -0.3 is 4.79 Å². The van der Waals surface area contributed by atoms with Crippen molar-refractivity contribution in [3.8, 4) is 0 Å². The molecule has 0 N–H and O–H groups in total. The van der Waals surface area contributed by atoms with Gasteiger partial charge in [0.1, 0.15) is 6.29 Å². The first-order chi connectivity index (χ1) is 7.01. The number of thioether (sulfide) groups is 1. The zero-order valence-electron chi connectivity index (χ0n) is 7.75. The van der Waals surface area contributed by atoms with E-state index in [1.165, 1.54) is 12.1 Å². The Balaban J connectivity index is 2.69. The van der Waals surface area contributed by atoms with Crippen LogP contribution in [0.25, 0.3) is 0 Å². The van der Waals surface area contributed by atoms with Crippen molar-refractivity contribution in [2.24, 2.45) is 0 Å². The maximum absolute atomic E-state index is 12.0. The largest absolute Gasteiger partial charge is 0.446 e. The van der Waals surface area contributed by atoms with Crippen LogP contribution < -0.4 is 0 Å². The van der Waals surface area contributed by atoms with Gasteiger partial charge in [0.15, 0.2) is 0 Å². The minimum Gasteiger partial charge on any atom is -0.303 e. The number of hydrogen-bond acceptors (Lipinski definition) is 2. The second-order valence-electron chi connectivity index (χ2n) is 2.90. The number of halogens is 3. The summed E-state index contributed by atoms with van der Waals surface area (Å²) in [6, 6.07) is 6.14. The van der Waals surface area contributed by atoms with Crippen LogP contribution in [0.5, 0.6) is 0 Å². The van der Waals surface area contributed by atoms with Gasteiger partial charge in [0.2, 0.25) is 0 Å². The standard InChI is InChI=1S/C10H9F3OS/c11-10(12,13)15-9-5-1-3-8(7-9)4-2-6-14/h1,3,5-7H,2,4H2. The van der Waals surface area contributed by atoms with E-state index in [-0.39, 0.29) is 16.7 Å². The van der Waals surface area contributed by atoms with Crippen molar-refractivity contribution < 1.29 is 18.0 Å². The lowest BCUT2D eigenvalue weighted by atomic mass is 10.1. The van der Waals surface area contributed by atoms with Gasteiger partial charge in [-0.05, 0) is 35.9 Å². The molecule has 0 aliphatic rings. The lowest BCUT2D eigenvalue weighted by molar-refractivity contribution is -0.107. The fourth-order valence-corrected chi connectivity index (χ4v) is 1.75. The summed E-state index contributed by atoms with van der Waals surface area (Å²) in [5.74, 6) is 0. The average Bonchev–Trinajstić information content (AvgIpc) is 2.12. The molecule has 82 valence electrons. The van der Waals surface area contributed by atoms with E-state index in [2.05, 4.69) is 0 Å². The van der Waals surface area contributed by atoms with Crippen molar-refractivity contribution in [2.45, 2.75) is 23.2 Å². The zero-order valence-corrected chi connectivity index (χ0v) is 8.57. The molecule has 0 saturated heterocycles. The Hall–Kier alpha value is -0.970. The van der Waals surface area contributed by atoms with Crippen LogP contribution in [0.1, 0.15) is 12.0 Å². The van der Waals surface area contributed by atoms with Gasteiger partial charge in [-0.2, -0.15) is 13.2 Å².